The second-order valence-corrected chi connectivity index (χ2v) is 12.9. The van der Waals surface area contributed by atoms with E-state index in [1.165, 1.54) is 18.5 Å². The number of halogens is 2. The standard InChI is InChI=1S/C35H38ClFN4O3S/c1-4-15-41(16-5-2)31(22-45(3)42)34-14-13-32(44-34)26-10-11-30-28(19-26)35(40-23-39-30)38-20-24-9-12-33(29(36)18-24)43-21-25-7-6-8-27(37)17-25/h6-14,17-19,23,31H,4-5,15-16,20-22H2,1-3H3,(H,38,39,40). The number of rotatable bonds is 15. The van der Waals surface area contributed by atoms with E-state index in [1.54, 1.807) is 18.4 Å². The van der Waals surface area contributed by atoms with Crippen molar-refractivity contribution in [3.8, 4) is 17.1 Å². The topological polar surface area (TPSA) is 80.5 Å². The van der Waals surface area contributed by atoms with Crippen LogP contribution < -0.4 is 10.1 Å². The first kappa shape index (κ1) is 32.6. The van der Waals surface area contributed by atoms with Gasteiger partial charge in [0.15, 0.2) is 0 Å². The largest absolute Gasteiger partial charge is 0.487 e. The Morgan fingerprint density at radius 3 is 2.56 bits per heavy atom. The maximum atomic E-state index is 13.5. The van der Waals surface area contributed by atoms with E-state index in [-0.39, 0.29) is 18.5 Å². The van der Waals surface area contributed by atoms with Gasteiger partial charge in [0.1, 0.15) is 41.8 Å². The lowest BCUT2D eigenvalue weighted by atomic mass is 10.1. The molecule has 5 rings (SSSR count). The smallest absolute Gasteiger partial charge is 0.138 e. The minimum atomic E-state index is -0.966. The van der Waals surface area contributed by atoms with Gasteiger partial charge in [0.25, 0.3) is 0 Å². The number of hydrogen-bond acceptors (Lipinski definition) is 7. The molecule has 7 nitrogen and oxygen atoms in total. The van der Waals surface area contributed by atoms with Gasteiger partial charge in [0, 0.05) is 40.3 Å². The maximum Gasteiger partial charge on any atom is 0.138 e. The van der Waals surface area contributed by atoms with E-state index in [0.29, 0.717) is 28.9 Å². The molecule has 0 aliphatic heterocycles. The summed E-state index contributed by atoms with van der Waals surface area (Å²) >= 11 is 6.52. The zero-order chi connectivity index (χ0) is 31.8. The molecular weight excluding hydrogens is 611 g/mol. The van der Waals surface area contributed by atoms with Gasteiger partial charge in [-0.05, 0) is 91.7 Å². The molecule has 45 heavy (non-hydrogen) atoms. The summed E-state index contributed by atoms with van der Waals surface area (Å²) in [6, 6.07) is 21.8. The summed E-state index contributed by atoms with van der Waals surface area (Å²) in [7, 11) is -0.966. The van der Waals surface area contributed by atoms with Crippen LogP contribution in [-0.4, -0.2) is 44.2 Å². The third-order valence-electron chi connectivity index (χ3n) is 7.47. The molecule has 2 aromatic heterocycles. The van der Waals surface area contributed by atoms with Crippen molar-refractivity contribution in [3.05, 3.63) is 107 Å². The van der Waals surface area contributed by atoms with E-state index in [2.05, 4.69) is 34.0 Å². The van der Waals surface area contributed by atoms with Crippen molar-refractivity contribution >= 4 is 39.1 Å². The van der Waals surface area contributed by atoms with Crippen LogP contribution in [0.5, 0.6) is 5.75 Å². The predicted octanol–water partition coefficient (Wildman–Crippen LogP) is 8.42. The van der Waals surface area contributed by atoms with Gasteiger partial charge in [-0.1, -0.05) is 43.6 Å². The summed E-state index contributed by atoms with van der Waals surface area (Å²) < 4.78 is 38.0. The van der Waals surface area contributed by atoms with Crippen molar-refractivity contribution < 1.29 is 17.8 Å². The Morgan fingerprint density at radius 2 is 1.82 bits per heavy atom. The first-order chi connectivity index (χ1) is 21.8. The number of ether oxygens (including phenoxy) is 1. The van der Waals surface area contributed by atoms with Crippen molar-refractivity contribution in [2.24, 2.45) is 0 Å². The molecule has 0 amide bonds. The minimum absolute atomic E-state index is 0.0459. The van der Waals surface area contributed by atoms with Crippen molar-refractivity contribution in [1.29, 1.82) is 0 Å². The lowest BCUT2D eigenvalue weighted by Crippen LogP contribution is -2.33. The van der Waals surface area contributed by atoms with Crippen LogP contribution in [0.2, 0.25) is 5.02 Å². The van der Waals surface area contributed by atoms with Gasteiger partial charge in [-0.25, -0.2) is 14.4 Å². The van der Waals surface area contributed by atoms with Crippen LogP contribution in [0.4, 0.5) is 10.2 Å². The average Bonchev–Trinajstić information content (AvgIpc) is 3.52. The molecule has 0 aliphatic carbocycles. The third-order valence-corrected chi connectivity index (χ3v) is 8.55. The number of anilines is 1. The Hall–Kier alpha value is -3.79. The lowest BCUT2D eigenvalue weighted by Gasteiger charge is -2.29. The van der Waals surface area contributed by atoms with E-state index in [1.807, 2.05) is 48.5 Å². The number of nitrogens with one attached hydrogen (secondary N) is 1. The van der Waals surface area contributed by atoms with E-state index in [4.69, 9.17) is 20.8 Å². The van der Waals surface area contributed by atoms with Gasteiger partial charge in [-0.15, -0.1) is 0 Å². The zero-order valence-corrected chi connectivity index (χ0v) is 27.3. The molecule has 5 aromatic rings. The molecule has 0 bridgehead atoms. The molecule has 0 saturated carbocycles. The Labute approximate surface area is 271 Å². The summed E-state index contributed by atoms with van der Waals surface area (Å²) in [6.07, 6.45) is 5.32. The van der Waals surface area contributed by atoms with Gasteiger partial charge in [-0.2, -0.15) is 0 Å². The monoisotopic (exact) mass is 648 g/mol. The second kappa shape index (κ2) is 15.5. The molecule has 10 heteroatoms. The average molecular weight is 649 g/mol. The predicted molar refractivity (Wildman–Crippen MR) is 181 cm³/mol. The molecule has 2 heterocycles. The number of hydrogen-bond donors (Lipinski definition) is 1. The normalized spacial score (nSPS) is 12.8. The summed E-state index contributed by atoms with van der Waals surface area (Å²) in [6.45, 7) is 6.86. The Balaban J connectivity index is 1.32. The van der Waals surface area contributed by atoms with Gasteiger partial charge in [0.05, 0.1) is 16.6 Å². The van der Waals surface area contributed by atoms with Crippen molar-refractivity contribution in [2.45, 2.75) is 45.9 Å². The summed E-state index contributed by atoms with van der Waals surface area (Å²) in [5.74, 6) is 3.00. The highest BCUT2D eigenvalue weighted by Gasteiger charge is 2.24. The highest BCUT2D eigenvalue weighted by Crippen LogP contribution is 2.33. The van der Waals surface area contributed by atoms with Crippen LogP contribution in [0, 0.1) is 5.82 Å². The van der Waals surface area contributed by atoms with Crippen LogP contribution in [0.15, 0.2) is 83.5 Å². The van der Waals surface area contributed by atoms with Crippen molar-refractivity contribution in [3.63, 3.8) is 0 Å². The fourth-order valence-corrected chi connectivity index (χ4v) is 6.45. The van der Waals surface area contributed by atoms with E-state index >= 15 is 0 Å². The van der Waals surface area contributed by atoms with Gasteiger partial charge < -0.3 is 14.5 Å². The minimum Gasteiger partial charge on any atom is -0.487 e. The van der Waals surface area contributed by atoms with Gasteiger partial charge in [0.2, 0.25) is 0 Å². The van der Waals surface area contributed by atoms with Crippen molar-refractivity contribution in [1.82, 2.24) is 14.9 Å². The number of fused-ring (bicyclic) bond motifs is 1. The zero-order valence-electron chi connectivity index (χ0n) is 25.8. The molecule has 0 fully saturated rings. The lowest BCUT2D eigenvalue weighted by molar-refractivity contribution is 0.192. The molecule has 3 aromatic carbocycles. The van der Waals surface area contributed by atoms with E-state index < -0.39 is 10.8 Å². The molecule has 0 radical (unpaired) electrons. The van der Waals surface area contributed by atoms with Crippen LogP contribution >= 0.6 is 11.6 Å². The molecule has 0 aliphatic rings. The Bertz CT molecular complexity index is 1760. The number of benzene rings is 3. The first-order valence-corrected chi connectivity index (χ1v) is 17.2. The SMILES string of the molecule is CCCN(CCC)C(CS(C)=O)c1ccc(-c2ccc3ncnc(NCc4ccc(OCc5cccc(F)c5)c(Cl)c4)c3c2)o1. The summed E-state index contributed by atoms with van der Waals surface area (Å²) in [4.78, 5) is 11.3. The third kappa shape index (κ3) is 8.48. The summed E-state index contributed by atoms with van der Waals surface area (Å²) in [5.41, 5.74) is 3.38. The van der Waals surface area contributed by atoms with E-state index in [9.17, 15) is 8.60 Å². The molecule has 0 spiro atoms. The molecule has 236 valence electrons. The fraction of sp³-hybridized carbons (Fsp3) is 0.314. The maximum absolute atomic E-state index is 13.5. The molecule has 2 atom stereocenters. The molecule has 2 unspecified atom stereocenters. The van der Waals surface area contributed by atoms with Crippen LogP contribution in [0.25, 0.3) is 22.2 Å². The number of aromatic nitrogens is 2. The van der Waals surface area contributed by atoms with Crippen LogP contribution in [0.1, 0.15) is 49.6 Å². The number of nitrogens with zero attached hydrogens (tertiary/aromatic N) is 3. The summed E-state index contributed by atoms with van der Waals surface area (Å²) in [5, 5.41) is 4.75. The van der Waals surface area contributed by atoms with Crippen molar-refractivity contribution in [2.75, 3.05) is 30.4 Å². The van der Waals surface area contributed by atoms with Crippen LogP contribution in [-0.2, 0) is 24.0 Å². The first-order valence-electron chi connectivity index (χ1n) is 15.1. The van der Waals surface area contributed by atoms with Gasteiger partial charge in [-0.3, -0.25) is 9.11 Å². The molecular formula is C35H38ClFN4O3S. The Kier molecular flexibility index (Phi) is 11.2. The fourth-order valence-electron chi connectivity index (χ4n) is 5.37. The number of furan rings is 1. The molecule has 0 saturated heterocycles. The second-order valence-electron chi connectivity index (χ2n) is 11.0. The Morgan fingerprint density at radius 1 is 1.00 bits per heavy atom. The quantitative estimate of drug-likeness (QED) is 0.122. The highest BCUT2D eigenvalue weighted by molar-refractivity contribution is 7.84. The van der Waals surface area contributed by atoms with Gasteiger partial charge >= 0.3 is 0 Å². The van der Waals surface area contributed by atoms with E-state index in [0.717, 1.165) is 65.0 Å². The van der Waals surface area contributed by atoms with Crippen LogP contribution in [0.3, 0.4) is 0 Å². The highest BCUT2D eigenvalue weighted by atomic mass is 35.5. The molecule has 1 N–H and O–H groups in total.